The Kier molecular flexibility index (Phi) is 6.35. The van der Waals surface area contributed by atoms with E-state index in [9.17, 15) is 14.4 Å². The molecule has 0 aliphatic heterocycles. The van der Waals surface area contributed by atoms with E-state index >= 15 is 0 Å². The van der Waals surface area contributed by atoms with Crippen molar-refractivity contribution in [3.05, 3.63) is 59.0 Å². The SMILES string of the molecule is COc1ccc(-[n+]2[nH]oc(=O)c2SCC(=O)Nc2ccc(NC(C)=O)cc2)cc1. The molecule has 0 aliphatic rings. The van der Waals surface area contributed by atoms with Crippen molar-refractivity contribution in [1.82, 2.24) is 5.27 Å². The fourth-order valence-corrected chi connectivity index (χ4v) is 3.23. The van der Waals surface area contributed by atoms with Gasteiger partial charge in [0.05, 0.1) is 12.9 Å². The number of carbonyl (C=O) groups is 2. The zero-order valence-electron chi connectivity index (χ0n) is 15.7. The molecular weight excluding hydrogens is 396 g/mol. The summed E-state index contributed by atoms with van der Waals surface area (Å²) in [6, 6.07) is 13.7. The van der Waals surface area contributed by atoms with E-state index in [4.69, 9.17) is 9.26 Å². The second kappa shape index (κ2) is 9.11. The summed E-state index contributed by atoms with van der Waals surface area (Å²) >= 11 is 1.05. The van der Waals surface area contributed by atoms with Gasteiger partial charge in [-0.2, -0.15) is 0 Å². The maximum absolute atomic E-state index is 12.2. The van der Waals surface area contributed by atoms with Gasteiger partial charge in [-0.1, -0.05) is 0 Å². The van der Waals surface area contributed by atoms with Crippen molar-refractivity contribution in [2.75, 3.05) is 23.5 Å². The van der Waals surface area contributed by atoms with Crippen molar-refractivity contribution >= 4 is 35.0 Å². The Labute approximate surface area is 170 Å². The number of nitrogens with zero attached hydrogens (tertiary/aromatic N) is 1. The molecule has 0 fully saturated rings. The van der Waals surface area contributed by atoms with Crippen LogP contribution in [0.2, 0.25) is 0 Å². The number of carbonyl (C=O) groups excluding carboxylic acids is 2. The molecule has 0 radical (unpaired) electrons. The summed E-state index contributed by atoms with van der Waals surface area (Å²) < 4.78 is 11.4. The highest BCUT2D eigenvalue weighted by molar-refractivity contribution is 7.99. The Bertz CT molecular complexity index is 1060. The van der Waals surface area contributed by atoms with Crippen LogP contribution in [-0.4, -0.2) is 29.9 Å². The second-order valence-corrected chi connectivity index (χ2v) is 6.88. The molecule has 2 aromatic carbocycles. The smallest absolute Gasteiger partial charge is 0.442 e. The van der Waals surface area contributed by atoms with Crippen LogP contribution < -0.4 is 25.7 Å². The number of thioether (sulfide) groups is 1. The number of nitrogens with one attached hydrogen (secondary N) is 3. The average molecular weight is 415 g/mol. The van der Waals surface area contributed by atoms with Crippen molar-refractivity contribution in [3.63, 3.8) is 0 Å². The molecule has 9 nitrogen and oxygen atoms in total. The van der Waals surface area contributed by atoms with E-state index in [0.29, 0.717) is 22.8 Å². The number of amides is 2. The number of methoxy groups -OCH3 is 1. The molecule has 150 valence electrons. The maximum Gasteiger partial charge on any atom is 0.442 e. The molecule has 3 N–H and O–H groups in total. The Morgan fingerprint density at radius 3 is 2.28 bits per heavy atom. The molecule has 0 atom stereocenters. The molecule has 29 heavy (non-hydrogen) atoms. The van der Waals surface area contributed by atoms with E-state index in [-0.39, 0.29) is 22.6 Å². The summed E-state index contributed by atoms with van der Waals surface area (Å²) in [7, 11) is 1.56. The van der Waals surface area contributed by atoms with Crippen LogP contribution in [-0.2, 0) is 9.59 Å². The third-order valence-corrected chi connectivity index (χ3v) is 4.80. The topological polar surface area (TPSA) is 117 Å². The summed E-state index contributed by atoms with van der Waals surface area (Å²) in [5.74, 6) is 0.225. The lowest BCUT2D eigenvalue weighted by Gasteiger charge is -2.06. The highest BCUT2D eigenvalue weighted by Gasteiger charge is 2.25. The van der Waals surface area contributed by atoms with Crippen LogP contribution in [0.25, 0.3) is 5.69 Å². The second-order valence-electron chi connectivity index (χ2n) is 5.91. The number of hydrogen-bond donors (Lipinski definition) is 3. The number of H-pyrrole nitrogens is 1. The molecule has 0 spiro atoms. The Morgan fingerprint density at radius 1 is 1.07 bits per heavy atom. The first-order chi connectivity index (χ1) is 14.0. The predicted octanol–water partition coefficient (Wildman–Crippen LogP) is 1.94. The van der Waals surface area contributed by atoms with Crippen LogP contribution in [0.3, 0.4) is 0 Å². The first kappa shape index (κ1) is 20.2. The lowest BCUT2D eigenvalue weighted by atomic mass is 10.3. The van der Waals surface area contributed by atoms with Gasteiger partial charge in [0.25, 0.3) is 0 Å². The van der Waals surface area contributed by atoms with Gasteiger partial charge in [-0.15, -0.1) is 0 Å². The van der Waals surface area contributed by atoms with Crippen molar-refractivity contribution in [3.8, 4) is 11.4 Å². The van der Waals surface area contributed by atoms with Gasteiger partial charge in [-0.25, -0.2) is 4.79 Å². The lowest BCUT2D eigenvalue weighted by Crippen LogP contribution is -2.36. The van der Waals surface area contributed by atoms with E-state index in [0.717, 1.165) is 11.8 Å². The predicted molar refractivity (Wildman–Crippen MR) is 108 cm³/mol. The molecule has 1 heterocycles. The van der Waals surface area contributed by atoms with Crippen molar-refractivity contribution < 1.29 is 23.5 Å². The normalized spacial score (nSPS) is 10.4. The molecule has 0 unspecified atom stereocenters. The molecule has 0 aliphatic carbocycles. The van der Waals surface area contributed by atoms with Gasteiger partial charge in [0.1, 0.15) is 5.75 Å². The fraction of sp³-hybridized carbons (Fsp3) is 0.158. The third-order valence-electron chi connectivity index (χ3n) is 3.77. The van der Waals surface area contributed by atoms with Gasteiger partial charge in [0.15, 0.2) is 0 Å². The average Bonchev–Trinajstić information content (AvgIpc) is 3.08. The van der Waals surface area contributed by atoms with Gasteiger partial charge >= 0.3 is 10.7 Å². The molecule has 1 aromatic heterocycles. The molecule has 3 aromatic rings. The van der Waals surface area contributed by atoms with E-state index < -0.39 is 5.63 Å². The van der Waals surface area contributed by atoms with Gasteiger partial charge in [-0.05, 0) is 58.1 Å². The number of hydrogen-bond acceptors (Lipinski definition) is 6. The molecule has 10 heteroatoms. The zero-order valence-corrected chi connectivity index (χ0v) is 16.5. The van der Waals surface area contributed by atoms with Gasteiger partial charge in [0, 0.05) is 30.4 Å². The quantitative estimate of drug-likeness (QED) is 0.401. The largest absolute Gasteiger partial charge is 0.497 e. The molecule has 0 saturated carbocycles. The third kappa shape index (κ3) is 5.26. The standard InChI is InChI=1S/C19H18N4O5S/c1-12(24)20-13-3-5-14(6-4-13)21-17(25)11-29-18-19(26)28-22-23(18)15-7-9-16(27-2)10-8-15/h3-10,22,26H,11H2,1-2H3/p+1. The first-order valence-electron chi connectivity index (χ1n) is 8.54. The first-order valence-corrected chi connectivity index (χ1v) is 9.53. The molecule has 2 amide bonds. The zero-order chi connectivity index (χ0) is 20.8. The Morgan fingerprint density at radius 2 is 1.69 bits per heavy atom. The van der Waals surface area contributed by atoms with Gasteiger partial charge < -0.3 is 15.4 Å². The van der Waals surface area contributed by atoms with Crippen molar-refractivity contribution in [2.24, 2.45) is 0 Å². The molecular formula is C19H19N4O5S+. The number of rotatable bonds is 7. The lowest BCUT2D eigenvalue weighted by molar-refractivity contribution is -0.704. The maximum atomic E-state index is 12.2. The number of anilines is 2. The minimum atomic E-state index is -0.571. The van der Waals surface area contributed by atoms with Crippen molar-refractivity contribution in [2.45, 2.75) is 11.9 Å². The summed E-state index contributed by atoms with van der Waals surface area (Å²) in [5.41, 5.74) is 1.30. The van der Waals surface area contributed by atoms with Crippen LogP contribution in [0.4, 0.5) is 11.4 Å². The van der Waals surface area contributed by atoms with E-state index in [1.54, 1.807) is 55.6 Å². The highest BCUT2D eigenvalue weighted by Crippen LogP contribution is 2.16. The number of aromatic amines is 1. The number of aromatic nitrogens is 2. The number of benzene rings is 2. The van der Waals surface area contributed by atoms with Crippen LogP contribution in [0.1, 0.15) is 6.92 Å². The number of ether oxygens (including phenoxy) is 1. The van der Waals surface area contributed by atoms with E-state index in [2.05, 4.69) is 15.9 Å². The minimum Gasteiger partial charge on any atom is -0.497 e. The molecule has 0 bridgehead atoms. The Balaban J connectivity index is 1.63. The van der Waals surface area contributed by atoms with Gasteiger partial charge in [-0.3, -0.25) is 14.1 Å². The monoisotopic (exact) mass is 415 g/mol. The van der Waals surface area contributed by atoms with E-state index in [1.165, 1.54) is 11.6 Å². The minimum absolute atomic E-state index is 0.00617. The van der Waals surface area contributed by atoms with Gasteiger partial charge in [0.2, 0.25) is 17.5 Å². The van der Waals surface area contributed by atoms with Crippen LogP contribution >= 0.6 is 11.8 Å². The van der Waals surface area contributed by atoms with E-state index in [1.807, 2.05) is 0 Å². The summed E-state index contributed by atoms with van der Waals surface area (Å²) in [6.07, 6.45) is 0. The van der Waals surface area contributed by atoms with Crippen LogP contribution in [0.15, 0.2) is 62.9 Å². The highest BCUT2D eigenvalue weighted by atomic mass is 32.2. The summed E-state index contributed by atoms with van der Waals surface area (Å²) in [4.78, 5) is 35.3. The van der Waals surface area contributed by atoms with Crippen LogP contribution in [0, 0.1) is 0 Å². The fourth-order valence-electron chi connectivity index (χ4n) is 2.46. The summed E-state index contributed by atoms with van der Waals surface area (Å²) in [5, 5.41) is 8.15. The summed E-state index contributed by atoms with van der Waals surface area (Å²) in [6.45, 7) is 1.42. The van der Waals surface area contributed by atoms with Crippen molar-refractivity contribution in [1.29, 1.82) is 0 Å². The molecule has 0 saturated heterocycles. The Hall–Kier alpha value is -3.53. The van der Waals surface area contributed by atoms with Crippen LogP contribution in [0.5, 0.6) is 5.75 Å². The molecule has 3 rings (SSSR count).